The molecule has 2 aromatic rings. The Morgan fingerprint density at radius 1 is 1.42 bits per heavy atom. The molecule has 1 aromatic carbocycles. The summed E-state index contributed by atoms with van der Waals surface area (Å²) in [6.45, 7) is -0.479. The molecule has 19 heavy (non-hydrogen) atoms. The molecule has 0 aliphatic carbocycles. The molecule has 0 spiro atoms. The van der Waals surface area contributed by atoms with Crippen LogP contribution in [0.1, 0.15) is 10.6 Å². The lowest BCUT2D eigenvalue weighted by molar-refractivity contribution is 0.275. The molecule has 8 heteroatoms. The average Bonchev–Trinajstić information content (AvgIpc) is 2.90. The van der Waals surface area contributed by atoms with Crippen molar-refractivity contribution in [2.75, 3.05) is 0 Å². The van der Waals surface area contributed by atoms with Gasteiger partial charge in [-0.05, 0) is 18.2 Å². The van der Waals surface area contributed by atoms with Crippen LogP contribution in [0.15, 0.2) is 34.7 Å². The molecule has 0 saturated heterocycles. The van der Waals surface area contributed by atoms with Gasteiger partial charge in [0.1, 0.15) is 10.8 Å². The zero-order chi connectivity index (χ0) is 13.9. The lowest BCUT2D eigenvalue weighted by Crippen LogP contribution is -2.23. The number of thiazole rings is 1. The molecular weight excluding hydrogens is 291 g/mol. The van der Waals surface area contributed by atoms with E-state index >= 15 is 0 Å². The lowest BCUT2D eigenvalue weighted by Gasteiger charge is -2.07. The third kappa shape index (κ3) is 3.35. The molecule has 2 rings (SSSR count). The van der Waals surface area contributed by atoms with Crippen LogP contribution >= 0.6 is 11.3 Å². The summed E-state index contributed by atoms with van der Waals surface area (Å²) in [7, 11) is -3.75. The van der Waals surface area contributed by atoms with Crippen LogP contribution in [0.25, 0.3) is 0 Å². The van der Waals surface area contributed by atoms with Gasteiger partial charge in [0.25, 0.3) is 0 Å². The number of benzene rings is 1. The molecule has 0 amide bonds. The number of hydrogen-bond acceptors (Lipinski definition) is 5. The van der Waals surface area contributed by atoms with E-state index in [1.807, 2.05) is 0 Å². The first kappa shape index (κ1) is 14.1. The van der Waals surface area contributed by atoms with Crippen LogP contribution in [0.4, 0.5) is 4.39 Å². The maximum atomic E-state index is 13.2. The van der Waals surface area contributed by atoms with Gasteiger partial charge in [0, 0.05) is 17.1 Å². The number of aliphatic hydroxyl groups is 1. The van der Waals surface area contributed by atoms with Gasteiger partial charge >= 0.3 is 0 Å². The summed E-state index contributed by atoms with van der Waals surface area (Å²) in [6.07, 6.45) is 1.58. The van der Waals surface area contributed by atoms with E-state index in [9.17, 15) is 12.8 Å². The van der Waals surface area contributed by atoms with Crippen molar-refractivity contribution in [1.29, 1.82) is 0 Å². The molecule has 0 aliphatic heterocycles. The van der Waals surface area contributed by atoms with Gasteiger partial charge in [0.15, 0.2) is 0 Å². The number of halogens is 1. The fourth-order valence-corrected chi connectivity index (χ4v) is 3.11. The van der Waals surface area contributed by atoms with Crippen LogP contribution in [-0.4, -0.2) is 18.5 Å². The maximum absolute atomic E-state index is 13.2. The van der Waals surface area contributed by atoms with Gasteiger partial charge in [-0.2, -0.15) is 0 Å². The summed E-state index contributed by atoms with van der Waals surface area (Å²) in [6, 6.07) is 3.28. The van der Waals surface area contributed by atoms with E-state index in [-0.39, 0.29) is 17.0 Å². The highest BCUT2D eigenvalue weighted by molar-refractivity contribution is 7.89. The SMILES string of the molecule is O=S(=O)(NCc1nccs1)c1ccc(F)c(CO)c1. The molecule has 0 aliphatic rings. The van der Waals surface area contributed by atoms with Crippen molar-refractivity contribution in [3.63, 3.8) is 0 Å². The van der Waals surface area contributed by atoms with Crippen LogP contribution < -0.4 is 4.72 Å². The van der Waals surface area contributed by atoms with Crippen LogP contribution in [-0.2, 0) is 23.2 Å². The standard InChI is InChI=1S/C11H11FN2O3S2/c12-10-2-1-9(5-8(10)7-15)19(16,17)14-6-11-13-3-4-18-11/h1-5,14-15H,6-7H2. The lowest BCUT2D eigenvalue weighted by atomic mass is 10.2. The van der Waals surface area contributed by atoms with Crippen LogP contribution in [0, 0.1) is 5.82 Å². The number of sulfonamides is 1. The molecular formula is C11H11FN2O3S2. The summed E-state index contributed by atoms with van der Waals surface area (Å²) < 4.78 is 39.5. The van der Waals surface area contributed by atoms with Gasteiger partial charge in [0.2, 0.25) is 10.0 Å². The summed E-state index contributed by atoms with van der Waals surface area (Å²) in [5.74, 6) is -0.638. The van der Waals surface area contributed by atoms with Crippen molar-refractivity contribution < 1.29 is 17.9 Å². The molecule has 5 nitrogen and oxygen atoms in total. The van der Waals surface area contributed by atoms with Crippen LogP contribution in [0.5, 0.6) is 0 Å². The third-order valence-corrected chi connectivity index (χ3v) is 4.57. The minimum Gasteiger partial charge on any atom is -0.392 e. The first-order valence-corrected chi connectivity index (χ1v) is 7.66. The van der Waals surface area contributed by atoms with Crippen LogP contribution in [0.2, 0.25) is 0 Å². The Morgan fingerprint density at radius 2 is 2.21 bits per heavy atom. The minimum atomic E-state index is -3.75. The van der Waals surface area contributed by atoms with E-state index in [4.69, 9.17) is 5.11 Å². The number of nitrogens with one attached hydrogen (secondary N) is 1. The van der Waals surface area contributed by atoms with E-state index in [2.05, 4.69) is 9.71 Å². The highest BCUT2D eigenvalue weighted by Crippen LogP contribution is 2.15. The number of nitrogens with zero attached hydrogens (tertiary/aromatic N) is 1. The van der Waals surface area contributed by atoms with Gasteiger partial charge in [-0.25, -0.2) is 22.5 Å². The zero-order valence-corrected chi connectivity index (χ0v) is 11.3. The van der Waals surface area contributed by atoms with Crippen molar-refractivity contribution in [3.8, 4) is 0 Å². The van der Waals surface area contributed by atoms with Gasteiger partial charge in [-0.1, -0.05) is 0 Å². The number of hydrogen-bond donors (Lipinski definition) is 2. The van der Waals surface area contributed by atoms with Crippen molar-refractivity contribution in [2.24, 2.45) is 0 Å². The molecule has 1 heterocycles. The van der Waals surface area contributed by atoms with Gasteiger partial charge in [-0.3, -0.25) is 0 Å². The second-order valence-electron chi connectivity index (χ2n) is 3.66. The second kappa shape index (κ2) is 5.74. The highest BCUT2D eigenvalue weighted by Gasteiger charge is 2.16. The predicted octanol–water partition coefficient (Wildman–Crippen LogP) is 1.25. The fraction of sp³-hybridized carbons (Fsp3) is 0.182. The summed E-state index contributed by atoms with van der Waals surface area (Å²) >= 11 is 1.33. The molecule has 0 atom stereocenters. The Bertz CT molecular complexity index is 657. The van der Waals surface area contributed by atoms with Crippen molar-refractivity contribution >= 4 is 21.4 Å². The third-order valence-electron chi connectivity index (χ3n) is 2.39. The van der Waals surface area contributed by atoms with Gasteiger partial charge < -0.3 is 5.11 Å². The van der Waals surface area contributed by atoms with Gasteiger partial charge in [0.05, 0.1) is 18.0 Å². The number of rotatable bonds is 5. The zero-order valence-electron chi connectivity index (χ0n) is 9.71. The number of aliphatic hydroxyl groups excluding tert-OH is 1. The summed E-state index contributed by atoms with van der Waals surface area (Å²) in [5.41, 5.74) is -0.0582. The van der Waals surface area contributed by atoms with Crippen molar-refractivity contribution in [1.82, 2.24) is 9.71 Å². The van der Waals surface area contributed by atoms with E-state index < -0.39 is 22.4 Å². The first-order valence-electron chi connectivity index (χ1n) is 5.30. The molecule has 2 N–H and O–H groups in total. The molecule has 0 radical (unpaired) electrons. The maximum Gasteiger partial charge on any atom is 0.240 e. The molecule has 102 valence electrons. The molecule has 0 unspecified atom stereocenters. The Labute approximate surface area is 113 Å². The highest BCUT2D eigenvalue weighted by atomic mass is 32.2. The first-order chi connectivity index (χ1) is 9.03. The molecule has 0 bridgehead atoms. The Hall–Kier alpha value is -1.35. The van der Waals surface area contributed by atoms with Crippen LogP contribution in [0.3, 0.4) is 0 Å². The topological polar surface area (TPSA) is 79.3 Å². The summed E-state index contributed by atoms with van der Waals surface area (Å²) in [4.78, 5) is 3.86. The molecule has 0 saturated carbocycles. The quantitative estimate of drug-likeness (QED) is 0.871. The Balaban J connectivity index is 2.19. The molecule has 0 fully saturated rings. The predicted molar refractivity (Wildman–Crippen MR) is 68.5 cm³/mol. The molecule has 1 aromatic heterocycles. The van der Waals surface area contributed by atoms with Crippen molar-refractivity contribution in [2.45, 2.75) is 18.0 Å². The smallest absolute Gasteiger partial charge is 0.240 e. The monoisotopic (exact) mass is 302 g/mol. The van der Waals surface area contributed by atoms with E-state index in [0.29, 0.717) is 5.01 Å². The largest absolute Gasteiger partial charge is 0.392 e. The second-order valence-corrected chi connectivity index (χ2v) is 6.41. The fourth-order valence-electron chi connectivity index (χ4n) is 1.42. The number of aromatic nitrogens is 1. The average molecular weight is 302 g/mol. The van der Waals surface area contributed by atoms with E-state index in [1.54, 1.807) is 11.6 Å². The van der Waals surface area contributed by atoms with Gasteiger partial charge in [-0.15, -0.1) is 11.3 Å². The minimum absolute atomic E-state index is 0.0582. The van der Waals surface area contributed by atoms with E-state index in [0.717, 1.165) is 18.2 Å². The van der Waals surface area contributed by atoms with Crippen molar-refractivity contribution in [3.05, 3.63) is 46.2 Å². The summed E-state index contributed by atoms with van der Waals surface area (Å²) in [5, 5.41) is 11.3. The normalized spacial score (nSPS) is 11.7. The Kier molecular flexibility index (Phi) is 4.25. The van der Waals surface area contributed by atoms with E-state index in [1.165, 1.54) is 11.3 Å². The Morgan fingerprint density at radius 3 is 2.84 bits per heavy atom.